The second kappa shape index (κ2) is 9.46. The van der Waals surface area contributed by atoms with Gasteiger partial charge in [-0.05, 0) is 31.0 Å². The smallest absolute Gasteiger partial charge is 0.252 e. The summed E-state index contributed by atoms with van der Waals surface area (Å²) in [7, 11) is 1.62. The summed E-state index contributed by atoms with van der Waals surface area (Å²) in [6.45, 7) is 2.08. The Labute approximate surface area is 164 Å². The number of nitrogens with zero attached hydrogens (tertiary/aromatic N) is 1. The van der Waals surface area contributed by atoms with Crippen LogP contribution in [0.3, 0.4) is 0 Å². The van der Waals surface area contributed by atoms with Gasteiger partial charge in [0.25, 0.3) is 5.91 Å². The van der Waals surface area contributed by atoms with Gasteiger partial charge in [-0.15, -0.1) is 11.8 Å². The lowest BCUT2D eigenvalue weighted by Crippen LogP contribution is -2.29. The zero-order chi connectivity index (χ0) is 19.1. The molecule has 142 valence electrons. The molecule has 0 atom stereocenters. The van der Waals surface area contributed by atoms with Gasteiger partial charge in [-0.25, -0.2) is 0 Å². The molecule has 1 aliphatic heterocycles. The lowest BCUT2D eigenvalue weighted by atomic mass is 10.1. The van der Waals surface area contributed by atoms with E-state index in [2.05, 4.69) is 5.32 Å². The Morgan fingerprint density at radius 2 is 1.78 bits per heavy atom. The minimum atomic E-state index is -0.155. The Morgan fingerprint density at radius 1 is 1.07 bits per heavy atom. The molecule has 3 rings (SSSR count). The number of para-hydroxylation sites is 1. The summed E-state index contributed by atoms with van der Waals surface area (Å²) in [4.78, 5) is 27.7. The Hall–Kier alpha value is -2.47. The standard InChI is InChI=1S/C21H24N2O3S/c1-26-18-10-4-2-8-16(18)14-22-21(25)17-9-3-5-11-19(17)27-15-20(24)23-12-6-7-13-23/h2-5,8-11H,6-7,12-15H2,1H3,(H,22,25). The van der Waals surface area contributed by atoms with Crippen LogP contribution in [0.5, 0.6) is 5.75 Å². The SMILES string of the molecule is COc1ccccc1CNC(=O)c1ccccc1SCC(=O)N1CCCC1. The molecule has 6 heteroatoms. The maximum Gasteiger partial charge on any atom is 0.252 e. The van der Waals surface area contributed by atoms with Gasteiger partial charge >= 0.3 is 0 Å². The van der Waals surface area contributed by atoms with E-state index < -0.39 is 0 Å². The Bertz CT molecular complexity index is 804. The Morgan fingerprint density at radius 3 is 2.56 bits per heavy atom. The van der Waals surface area contributed by atoms with E-state index in [0.717, 1.165) is 42.1 Å². The molecule has 0 saturated carbocycles. The van der Waals surface area contributed by atoms with E-state index in [0.29, 0.717) is 17.9 Å². The van der Waals surface area contributed by atoms with E-state index in [1.165, 1.54) is 11.8 Å². The highest BCUT2D eigenvalue weighted by molar-refractivity contribution is 8.00. The molecule has 1 N–H and O–H groups in total. The van der Waals surface area contributed by atoms with E-state index in [9.17, 15) is 9.59 Å². The number of hydrogen-bond donors (Lipinski definition) is 1. The molecule has 0 aromatic heterocycles. The summed E-state index contributed by atoms with van der Waals surface area (Å²) in [5.41, 5.74) is 1.51. The van der Waals surface area contributed by atoms with Crippen LogP contribution in [-0.4, -0.2) is 42.7 Å². The molecule has 1 aliphatic rings. The molecule has 1 fully saturated rings. The van der Waals surface area contributed by atoms with Crippen LogP contribution in [-0.2, 0) is 11.3 Å². The quantitative estimate of drug-likeness (QED) is 0.744. The van der Waals surface area contributed by atoms with Crippen molar-refractivity contribution in [3.63, 3.8) is 0 Å². The number of thioether (sulfide) groups is 1. The minimum Gasteiger partial charge on any atom is -0.496 e. The summed E-state index contributed by atoms with van der Waals surface area (Å²) in [5.74, 6) is 1.09. The van der Waals surface area contributed by atoms with E-state index in [-0.39, 0.29) is 11.8 Å². The Kier molecular flexibility index (Phi) is 6.76. The van der Waals surface area contributed by atoms with Crippen molar-refractivity contribution in [3.8, 4) is 5.75 Å². The van der Waals surface area contributed by atoms with Crippen LogP contribution in [0.25, 0.3) is 0 Å². The third-order valence-electron chi connectivity index (χ3n) is 4.57. The molecule has 5 nitrogen and oxygen atoms in total. The fourth-order valence-electron chi connectivity index (χ4n) is 3.10. The van der Waals surface area contributed by atoms with Crippen LogP contribution in [0, 0.1) is 0 Å². The van der Waals surface area contributed by atoms with Gasteiger partial charge in [0.2, 0.25) is 5.91 Å². The van der Waals surface area contributed by atoms with Crippen molar-refractivity contribution in [1.29, 1.82) is 0 Å². The molecule has 0 spiro atoms. The molecule has 1 saturated heterocycles. The largest absolute Gasteiger partial charge is 0.496 e. The molecule has 27 heavy (non-hydrogen) atoms. The molecule has 0 unspecified atom stereocenters. The van der Waals surface area contributed by atoms with Gasteiger partial charge in [0.05, 0.1) is 18.4 Å². The first-order valence-corrected chi connectivity index (χ1v) is 10.1. The number of likely N-dealkylation sites (tertiary alicyclic amines) is 1. The van der Waals surface area contributed by atoms with Gasteiger partial charge in [-0.1, -0.05) is 30.3 Å². The fourth-order valence-corrected chi connectivity index (χ4v) is 4.05. The molecule has 1 heterocycles. The van der Waals surface area contributed by atoms with E-state index in [4.69, 9.17) is 4.74 Å². The van der Waals surface area contributed by atoms with Crippen molar-refractivity contribution in [1.82, 2.24) is 10.2 Å². The summed E-state index contributed by atoms with van der Waals surface area (Å²) in [5, 5.41) is 2.95. The Balaban J connectivity index is 1.62. The first-order chi connectivity index (χ1) is 13.2. The molecule has 2 aromatic carbocycles. The van der Waals surface area contributed by atoms with Gasteiger partial charge in [0, 0.05) is 30.1 Å². The molecular formula is C21H24N2O3S. The lowest BCUT2D eigenvalue weighted by Gasteiger charge is -2.15. The number of ether oxygens (including phenoxy) is 1. The lowest BCUT2D eigenvalue weighted by molar-refractivity contribution is -0.127. The molecule has 2 aromatic rings. The summed E-state index contributed by atoms with van der Waals surface area (Å²) < 4.78 is 5.32. The second-order valence-corrected chi connectivity index (χ2v) is 7.38. The number of methoxy groups -OCH3 is 1. The number of rotatable bonds is 7. The van der Waals surface area contributed by atoms with Gasteiger partial charge in [0.1, 0.15) is 5.75 Å². The number of carbonyl (C=O) groups is 2. The number of benzene rings is 2. The number of nitrogens with one attached hydrogen (secondary N) is 1. The van der Waals surface area contributed by atoms with Crippen LogP contribution in [0.2, 0.25) is 0 Å². The van der Waals surface area contributed by atoms with Crippen molar-refractivity contribution >= 4 is 23.6 Å². The topological polar surface area (TPSA) is 58.6 Å². The van der Waals surface area contributed by atoms with Crippen LogP contribution in [0.15, 0.2) is 53.4 Å². The second-order valence-electron chi connectivity index (χ2n) is 6.37. The molecule has 0 bridgehead atoms. The van der Waals surface area contributed by atoms with Crippen LogP contribution < -0.4 is 10.1 Å². The van der Waals surface area contributed by atoms with Crippen molar-refractivity contribution < 1.29 is 14.3 Å². The predicted molar refractivity (Wildman–Crippen MR) is 107 cm³/mol. The normalized spacial score (nSPS) is 13.4. The molecule has 0 radical (unpaired) electrons. The average Bonchev–Trinajstić information content (AvgIpc) is 3.25. The van der Waals surface area contributed by atoms with Gasteiger partial charge < -0.3 is 15.0 Å². The molecular weight excluding hydrogens is 360 g/mol. The van der Waals surface area contributed by atoms with Crippen LogP contribution in [0.1, 0.15) is 28.8 Å². The third kappa shape index (κ3) is 5.04. The van der Waals surface area contributed by atoms with Gasteiger partial charge in [-0.2, -0.15) is 0 Å². The zero-order valence-electron chi connectivity index (χ0n) is 15.4. The third-order valence-corrected chi connectivity index (χ3v) is 5.63. The highest BCUT2D eigenvalue weighted by atomic mass is 32.2. The summed E-state index contributed by atoms with van der Waals surface area (Å²) >= 11 is 1.42. The maximum absolute atomic E-state index is 12.7. The van der Waals surface area contributed by atoms with Gasteiger partial charge in [-0.3, -0.25) is 9.59 Å². The zero-order valence-corrected chi connectivity index (χ0v) is 16.3. The highest BCUT2D eigenvalue weighted by Crippen LogP contribution is 2.24. The van der Waals surface area contributed by atoms with E-state index in [1.807, 2.05) is 47.4 Å². The molecule has 2 amide bonds. The van der Waals surface area contributed by atoms with Crippen LogP contribution in [0.4, 0.5) is 0 Å². The van der Waals surface area contributed by atoms with Gasteiger partial charge in [0.15, 0.2) is 0 Å². The molecule has 0 aliphatic carbocycles. The highest BCUT2D eigenvalue weighted by Gasteiger charge is 2.19. The van der Waals surface area contributed by atoms with Crippen LogP contribution >= 0.6 is 11.8 Å². The number of carbonyl (C=O) groups excluding carboxylic acids is 2. The van der Waals surface area contributed by atoms with Crippen molar-refractivity contribution in [3.05, 3.63) is 59.7 Å². The van der Waals surface area contributed by atoms with Crippen molar-refractivity contribution in [2.75, 3.05) is 26.0 Å². The minimum absolute atomic E-state index is 0.140. The average molecular weight is 385 g/mol. The van der Waals surface area contributed by atoms with E-state index in [1.54, 1.807) is 13.2 Å². The first-order valence-electron chi connectivity index (χ1n) is 9.08. The van der Waals surface area contributed by atoms with E-state index >= 15 is 0 Å². The number of amides is 2. The number of hydrogen-bond acceptors (Lipinski definition) is 4. The first kappa shape index (κ1) is 19.3. The predicted octanol–water partition coefficient (Wildman–Crippen LogP) is 3.34. The van der Waals surface area contributed by atoms with Crippen molar-refractivity contribution in [2.45, 2.75) is 24.3 Å². The summed E-state index contributed by atoms with van der Waals surface area (Å²) in [6.07, 6.45) is 2.16. The fraction of sp³-hybridized carbons (Fsp3) is 0.333. The summed E-state index contributed by atoms with van der Waals surface area (Å²) in [6, 6.07) is 15.0. The monoisotopic (exact) mass is 384 g/mol. The van der Waals surface area contributed by atoms with Crippen molar-refractivity contribution in [2.24, 2.45) is 0 Å². The maximum atomic E-state index is 12.7.